The van der Waals surface area contributed by atoms with Gasteiger partial charge in [0, 0.05) is 17.8 Å². The second-order valence-corrected chi connectivity index (χ2v) is 6.51. The van der Waals surface area contributed by atoms with Crippen molar-refractivity contribution in [2.75, 3.05) is 19.3 Å². The van der Waals surface area contributed by atoms with Crippen LogP contribution in [0.2, 0.25) is 0 Å². The van der Waals surface area contributed by atoms with Gasteiger partial charge in [0.2, 0.25) is 0 Å². The summed E-state index contributed by atoms with van der Waals surface area (Å²) in [5.41, 5.74) is 0. The normalized spacial score (nSPS) is 18.2. The highest BCUT2D eigenvalue weighted by atomic mass is 32.2. The van der Waals surface area contributed by atoms with E-state index in [1.54, 1.807) is 6.92 Å². The minimum Gasteiger partial charge on any atom is -0.481 e. The molecule has 0 aromatic rings. The summed E-state index contributed by atoms with van der Waals surface area (Å²) in [5, 5.41) is 14.4. The number of thioether (sulfide) groups is 1. The van der Waals surface area contributed by atoms with Crippen molar-refractivity contribution in [3.63, 3.8) is 0 Å². The van der Waals surface area contributed by atoms with E-state index in [9.17, 15) is 9.59 Å². The lowest BCUT2D eigenvalue weighted by Gasteiger charge is -2.40. The van der Waals surface area contributed by atoms with Gasteiger partial charge in [0.05, 0.1) is 5.92 Å². The van der Waals surface area contributed by atoms with Gasteiger partial charge in [-0.3, -0.25) is 4.79 Å². The molecule has 1 saturated carbocycles. The van der Waals surface area contributed by atoms with E-state index in [1.807, 2.05) is 11.8 Å². The van der Waals surface area contributed by atoms with E-state index >= 15 is 0 Å². The molecule has 1 rings (SSSR count). The number of urea groups is 1. The molecule has 1 fully saturated rings. The van der Waals surface area contributed by atoms with E-state index in [2.05, 4.69) is 16.9 Å². The van der Waals surface area contributed by atoms with E-state index in [4.69, 9.17) is 5.11 Å². The zero-order valence-corrected chi connectivity index (χ0v) is 12.5. The summed E-state index contributed by atoms with van der Waals surface area (Å²) >= 11 is 1.83. The maximum absolute atomic E-state index is 11.6. The number of nitrogens with one attached hydrogen (secondary N) is 2. The second kappa shape index (κ2) is 7.62. The van der Waals surface area contributed by atoms with Gasteiger partial charge in [-0.25, -0.2) is 4.79 Å². The van der Waals surface area contributed by atoms with Crippen LogP contribution >= 0.6 is 11.8 Å². The first kappa shape index (κ1) is 16.1. The molecule has 0 radical (unpaired) electrons. The van der Waals surface area contributed by atoms with Gasteiger partial charge in [-0.15, -0.1) is 0 Å². The van der Waals surface area contributed by atoms with Crippen molar-refractivity contribution in [1.82, 2.24) is 10.6 Å². The Balaban J connectivity index is 2.06. The van der Waals surface area contributed by atoms with Crippen molar-refractivity contribution in [3.05, 3.63) is 0 Å². The number of hydrogen-bond donors (Lipinski definition) is 3. The molecule has 0 spiro atoms. The zero-order chi connectivity index (χ0) is 14.3. The number of amides is 2. The Labute approximate surface area is 118 Å². The summed E-state index contributed by atoms with van der Waals surface area (Å²) in [6.07, 6.45) is 6.96. The van der Waals surface area contributed by atoms with Crippen molar-refractivity contribution in [1.29, 1.82) is 0 Å². The largest absolute Gasteiger partial charge is 0.481 e. The fraction of sp³-hybridized carbons (Fsp3) is 0.846. The molecule has 2 amide bonds. The van der Waals surface area contributed by atoms with Crippen molar-refractivity contribution in [2.45, 2.75) is 43.8 Å². The molecule has 1 atom stereocenters. The molecule has 0 aromatic carbocycles. The summed E-state index contributed by atoms with van der Waals surface area (Å²) in [6, 6.07) is -0.150. The van der Waals surface area contributed by atoms with Crippen LogP contribution in [-0.2, 0) is 4.79 Å². The maximum atomic E-state index is 11.6. The maximum Gasteiger partial charge on any atom is 0.314 e. The van der Waals surface area contributed by atoms with Crippen LogP contribution in [-0.4, -0.2) is 41.2 Å². The van der Waals surface area contributed by atoms with Gasteiger partial charge in [-0.2, -0.15) is 11.8 Å². The molecule has 19 heavy (non-hydrogen) atoms. The van der Waals surface area contributed by atoms with E-state index < -0.39 is 5.97 Å². The third-order valence-electron chi connectivity index (χ3n) is 3.79. The number of carboxylic acids is 1. The second-order valence-electron chi connectivity index (χ2n) is 5.23. The number of carboxylic acid groups (broad SMARTS) is 1. The van der Waals surface area contributed by atoms with Crippen LogP contribution in [0.5, 0.6) is 0 Å². The summed E-state index contributed by atoms with van der Waals surface area (Å²) in [7, 11) is 0. The van der Waals surface area contributed by atoms with Crippen LogP contribution in [0.1, 0.15) is 39.0 Å². The summed E-state index contributed by atoms with van der Waals surface area (Å²) in [5.74, 6) is -1.13. The van der Waals surface area contributed by atoms with Gasteiger partial charge in [0.15, 0.2) is 0 Å². The van der Waals surface area contributed by atoms with Crippen LogP contribution in [0.25, 0.3) is 0 Å². The van der Waals surface area contributed by atoms with E-state index in [1.165, 1.54) is 19.3 Å². The Morgan fingerprint density at radius 1 is 1.37 bits per heavy atom. The number of aliphatic carboxylic acids is 1. The van der Waals surface area contributed by atoms with Gasteiger partial charge >= 0.3 is 12.0 Å². The predicted molar refractivity (Wildman–Crippen MR) is 77.5 cm³/mol. The molecule has 0 aliphatic heterocycles. The van der Waals surface area contributed by atoms with Crippen molar-refractivity contribution < 1.29 is 14.7 Å². The highest BCUT2D eigenvalue weighted by molar-refractivity contribution is 8.00. The topological polar surface area (TPSA) is 78.4 Å². The molecule has 1 aliphatic carbocycles. The van der Waals surface area contributed by atoms with Gasteiger partial charge in [0.25, 0.3) is 0 Å². The van der Waals surface area contributed by atoms with Gasteiger partial charge in [0.1, 0.15) is 0 Å². The lowest BCUT2D eigenvalue weighted by atomic mass is 9.84. The van der Waals surface area contributed by atoms with Crippen molar-refractivity contribution in [3.8, 4) is 0 Å². The molecule has 0 saturated heterocycles. The number of carbonyl (C=O) groups is 2. The van der Waals surface area contributed by atoms with Crippen LogP contribution in [0.15, 0.2) is 0 Å². The van der Waals surface area contributed by atoms with Crippen molar-refractivity contribution in [2.24, 2.45) is 5.92 Å². The molecule has 1 unspecified atom stereocenters. The molecule has 0 aromatic heterocycles. The van der Waals surface area contributed by atoms with Gasteiger partial charge in [-0.1, -0.05) is 13.3 Å². The smallest absolute Gasteiger partial charge is 0.314 e. The number of hydrogen-bond acceptors (Lipinski definition) is 3. The zero-order valence-electron chi connectivity index (χ0n) is 11.7. The monoisotopic (exact) mass is 288 g/mol. The minimum atomic E-state index is -0.781. The Hall–Kier alpha value is -0.910. The third-order valence-corrected chi connectivity index (χ3v) is 5.21. The Bertz CT molecular complexity index is 314. The van der Waals surface area contributed by atoms with E-state index in [-0.39, 0.29) is 16.7 Å². The summed E-state index contributed by atoms with van der Waals surface area (Å²) in [4.78, 5) is 22.2. The first-order valence-corrected chi connectivity index (χ1v) is 8.01. The summed E-state index contributed by atoms with van der Waals surface area (Å²) < 4.78 is 0.245. The Morgan fingerprint density at radius 3 is 2.53 bits per heavy atom. The van der Waals surface area contributed by atoms with Gasteiger partial charge in [-0.05, 0) is 31.9 Å². The third kappa shape index (κ3) is 5.30. The molecular formula is C13H24N2O3S. The number of carbonyl (C=O) groups excluding carboxylic acids is 1. The van der Waals surface area contributed by atoms with Crippen molar-refractivity contribution >= 4 is 23.8 Å². The fourth-order valence-electron chi connectivity index (χ4n) is 2.06. The van der Waals surface area contributed by atoms with Gasteiger partial charge < -0.3 is 15.7 Å². The lowest BCUT2D eigenvalue weighted by Crippen LogP contribution is -2.48. The molecule has 6 heteroatoms. The molecule has 0 bridgehead atoms. The summed E-state index contributed by atoms with van der Waals surface area (Å²) in [6.45, 7) is 2.92. The SMILES string of the molecule is CSC1(CNC(=O)NCCCC(C)C(=O)O)CCC1. The predicted octanol–water partition coefficient (Wildman–Crippen LogP) is 2.07. The average Bonchev–Trinajstić information content (AvgIpc) is 2.33. The minimum absolute atomic E-state index is 0.150. The van der Waals surface area contributed by atoms with E-state index in [0.29, 0.717) is 25.9 Å². The average molecular weight is 288 g/mol. The van der Waals surface area contributed by atoms with E-state index in [0.717, 1.165) is 0 Å². The molecule has 110 valence electrons. The number of rotatable bonds is 8. The highest BCUT2D eigenvalue weighted by Gasteiger charge is 2.36. The molecule has 3 N–H and O–H groups in total. The van der Waals surface area contributed by atoms with Crippen LogP contribution in [0, 0.1) is 5.92 Å². The highest BCUT2D eigenvalue weighted by Crippen LogP contribution is 2.42. The van der Waals surface area contributed by atoms with Crippen LogP contribution in [0.3, 0.4) is 0 Å². The standard InChI is InChI=1S/C13H24N2O3S/c1-10(11(16)17)5-3-8-14-12(18)15-9-13(19-2)6-4-7-13/h10H,3-9H2,1-2H3,(H,16,17)(H2,14,15,18). The first-order chi connectivity index (χ1) is 8.99. The Kier molecular flexibility index (Phi) is 6.48. The molecule has 0 heterocycles. The first-order valence-electron chi connectivity index (χ1n) is 6.79. The molecule has 5 nitrogen and oxygen atoms in total. The molecular weight excluding hydrogens is 264 g/mol. The van der Waals surface area contributed by atoms with Crippen LogP contribution in [0.4, 0.5) is 4.79 Å². The molecule has 1 aliphatic rings. The fourth-order valence-corrected chi connectivity index (χ4v) is 2.98. The quantitative estimate of drug-likeness (QED) is 0.597. The lowest BCUT2D eigenvalue weighted by molar-refractivity contribution is -0.141. The Morgan fingerprint density at radius 2 is 2.05 bits per heavy atom. The van der Waals surface area contributed by atoms with Crippen LogP contribution < -0.4 is 10.6 Å².